The molecule has 0 aliphatic heterocycles. The lowest BCUT2D eigenvalue weighted by atomic mass is 9.96. The maximum Gasteiger partial charge on any atom is 0.423 e. The molecule has 0 aliphatic carbocycles. The number of aliphatic hydroxyl groups is 1. The summed E-state index contributed by atoms with van der Waals surface area (Å²) in [6.07, 6.45) is -2.79. The van der Waals surface area contributed by atoms with Gasteiger partial charge in [-0.05, 0) is 30.2 Å². The molecular formula is C16H15ClF3N5O2. The first-order valence-corrected chi connectivity index (χ1v) is 8.23. The molecule has 1 atom stereocenters. The van der Waals surface area contributed by atoms with Crippen molar-refractivity contribution in [1.82, 2.24) is 19.4 Å². The second kappa shape index (κ2) is 6.54. The van der Waals surface area contributed by atoms with Crippen LogP contribution in [0.15, 0.2) is 30.6 Å². The fourth-order valence-electron chi connectivity index (χ4n) is 2.74. The van der Waals surface area contributed by atoms with Crippen LogP contribution in [0, 0.1) is 0 Å². The largest absolute Gasteiger partial charge is 0.423 e. The Balaban J connectivity index is 1.90. The fourth-order valence-corrected chi connectivity index (χ4v) is 3.04. The third-order valence-electron chi connectivity index (χ3n) is 4.33. The molecule has 1 unspecified atom stereocenters. The number of nitrogens with zero attached hydrogens (tertiary/aromatic N) is 4. The normalized spacial score (nSPS) is 14.4. The molecule has 0 aliphatic rings. The minimum Gasteiger partial charge on any atom is -0.375 e. The van der Waals surface area contributed by atoms with Gasteiger partial charge < -0.3 is 15.2 Å². The van der Waals surface area contributed by atoms with Crippen LogP contribution in [-0.2, 0) is 12.1 Å². The maximum absolute atomic E-state index is 13.1. The highest BCUT2D eigenvalue weighted by atomic mass is 35.5. The quantitative estimate of drug-likeness (QED) is 0.686. The SMILES string of the molecule is CCC(O)(c1cn(Cc2ccn3c(Cl)c(C(N)=O)cc3c2)nn1)C(F)(F)F. The van der Waals surface area contributed by atoms with E-state index in [2.05, 4.69) is 10.3 Å². The van der Waals surface area contributed by atoms with Gasteiger partial charge in [-0.1, -0.05) is 23.7 Å². The summed E-state index contributed by atoms with van der Waals surface area (Å²) in [7, 11) is 0. The molecule has 1 amide bonds. The minimum atomic E-state index is -4.87. The Kier molecular flexibility index (Phi) is 4.64. The van der Waals surface area contributed by atoms with E-state index in [-0.39, 0.29) is 17.3 Å². The molecule has 11 heteroatoms. The van der Waals surface area contributed by atoms with Gasteiger partial charge in [0.1, 0.15) is 10.8 Å². The van der Waals surface area contributed by atoms with Crippen LogP contribution in [0.3, 0.4) is 0 Å². The molecule has 0 spiro atoms. The van der Waals surface area contributed by atoms with Crippen molar-refractivity contribution in [1.29, 1.82) is 0 Å². The molecule has 144 valence electrons. The highest BCUT2D eigenvalue weighted by Crippen LogP contribution is 2.40. The van der Waals surface area contributed by atoms with Gasteiger partial charge in [0.15, 0.2) is 0 Å². The number of fused-ring (bicyclic) bond motifs is 1. The molecule has 3 aromatic heterocycles. The van der Waals surface area contributed by atoms with E-state index in [0.717, 1.165) is 6.20 Å². The topological polar surface area (TPSA) is 98.4 Å². The highest BCUT2D eigenvalue weighted by Gasteiger charge is 2.55. The van der Waals surface area contributed by atoms with Crippen molar-refractivity contribution in [2.75, 3.05) is 0 Å². The van der Waals surface area contributed by atoms with E-state index in [1.165, 1.54) is 17.7 Å². The molecule has 0 saturated carbocycles. The van der Waals surface area contributed by atoms with E-state index < -0.39 is 29.8 Å². The number of hydrogen-bond donors (Lipinski definition) is 2. The number of pyridine rings is 1. The van der Waals surface area contributed by atoms with Crippen LogP contribution >= 0.6 is 11.6 Å². The van der Waals surface area contributed by atoms with Gasteiger partial charge in [0.25, 0.3) is 5.91 Å². The Labute approximate surface area is 156 Å². The van der Waals surface area contributed by atoms with Crippen LogP contribution in [-0.4, -0.2) is 36.6 Å². The van der Waals surface area contributed by atoms with E-state index in [9.17, 15) is 23.1 Å². The number of amides is 1. The van der Waals surface area contributed by atoms with E-state index in [1.807, 2.05) is 0 Å². The zero-order valence-corrected chi connectivity index (χ0v) is 14.8. The first-order valence-electron chi connectivity index (χ1n) is 7.86. The first kappa shape index (κ1) is 19.2. The lowest BCUT2D eigenvalue weighted by Crippen LogP contribution is -2.42. The molecule has 7 nitrogen and oxygen atoms in total. The van der Waals surface area contributed by atoms with Crippen molar-refractivity contribution in [3.63, 3.8) is 0 Å². The van der Waals surface area contributed by atoms with Crippen LogP contribution in [0.5, 0.6) is 0 Å². The second-order valence-corrected chi connectivity index (χ2v) is 6.41. The molecule has 27 heavy (non-hydrogen) atoms. The summed E-state index contributed by atoms with van der Waals surface area (Å²) >= 11 is 6.08. The van der Waals surface area contributed by atoms with Gasteiger partial charge in [0.2, 0.25) is 5.60 Å². The van der Waals surface area contributed by atoms with E-state index in [0.29, 0.717) is 11.1 Å². The summed E-state index contributed by atoms with van der Waals surface area (Å²) in [6, 6.07) is 4.87. The van der Waals surface area contributed by atoms with Crippen LogP contribution in [0.4, 0.5) is 13.2 Å². The molecule has 3 N–H and O–H groups in total. The molecule has 3 aromatic rings. The van der Waals surface area contributed by atoms with Crippen LogP contribution in [0.1, 0.15) is 35.0 Å². The van der Waals surface area contributed by atoms with Gasteiger partial charge in [-0.2, -0.15) is 13.2 Å². The summed E-state index contributed by atoms with van der Waals surface area (Å²) in [4.78, 5) is 11.4. The maximum atomic E-state index is 13.1. The lowest BCUT2D eigenvalue weighted by Gasteiger charge is -2.26. The Hall–Kier alpha value is -2.59. The van der Waals surface area contributed by atoms with Gasteiger partial charge in [-0.25, -0.2) is 4.68 Å². The van der Waals surface area contributed by atoms with E-state index in [4.69, 9.17) is 17.3 Å². The highest BCUT2D eigenvalue weighted by molar-refractivity contribution is 6.33. The number of carbonyl (C=O) groups is 1. The molecule has 3 heterocycles. The van der Waals surface area contributed by atoms with Crippen molar-refractivity contribution in [2.24, 2.45) is 5.73 Å². The van der Waals surface area contributed by atoms with Crippen LogP contribution < -0.4 is 5.73 Å². The van der Waals surface area contributed by atoms with Gasteiger partial charge in [-0.15, -0.1) is 5.10 Å². The summed E-state index contributed by atoms with van der Waals surface area (Å²) in [5, 5.41) is 17.3. The predicted octanol–water partition coefficient (Wildman–Crippen LogP) is 2.49. The van der Waals surface area contributed by atoms with Gasteiger partial charge in [0, 0.05) is 11.7 Å². The summed E-state index contributed by atoms with van der Waals surface area (Å²) in [5.41, 5.74) is 3.06. The number of hydrogen-bond acceptors (Lipinski definition) is 4. The number of rotatable bonds is 5. The number of aromatic nitrogens is 4. The standard InChI is InChI=1S/C16H15ClF3N5O2/c1-2-15(27,16(18,19)20)12-8-24(23-22-12)7-9-3-4-25-10(5-9)6-11(13(25)17)14(21)26/h3-6,8,27H,2,7H2,1H3,(H2,21,26). The molecule has 0 aromatic carbocycles. The number of alkyl halides is 3. The van der Waals surface area contributed by atoms with Crippen molar-refractivity contribution < 1.29 is 23.1 Å². The number of halogens is 4. The Bertz CT molecular complexity index is 1010. The molecule has 3 rings (SSSR count). The van der Waals surface area contributed by atoms with E-state index in [1.54, 1.807) is 22.7 Å². The predicted molar refractivity (Wildman–Crippen MR) is 90.3 cm³/mol. The van der Waals surface area contributed by atoms with Gasteiger partial charge in [0.05, 0.1) is 18.3 Å². The summed E-state index contributed by atoms with van der Waals surface area (Å²) in [6.45, 7) is 1.32. The fraction of sp³-hybridized carbons (Fsp3) is 0.312. The molecular weight excluding hydrogens is 387 g/mol. The van der Waals surface area contributed by atoms with Gasteiger partial charge >= 0.3 is 6.18 Å². The number of carbonyl (C=O) groups excluding carboxylic acids is 1. The monoisotopic (exact) mass is 401 g/mol. The van der Waals surface area contributed by atoms with Gasteiger partial charge in [-0.3, -0.25) is 4.79 Å². The molecule has 0 radical (unpaired) electrons. The lowest BCUT2D eigenvalue weighted by molar-refractivity contribution is -0.269. The van der Waals surface area contributed by atoms with Crippen molar-refractivity contribution in [3.05, 3.63) is 52.6 Å². The van der Waals surface area contributed by atoms with Crippen molar-refractivity contribution in [3.8, 4) is 0 Å². The van der Waals surface area contributed by atoms with Crippen LogP contribution in [0.25, 0.3) is 5.52 Å². The Morgan fingerprint density at radius 2 is 2.07 bits per heavy atom. The van der Waals surface area contributed by atoms with Crippen molar-refractivity contribution in [2.45, 2.75) is 31.7 Å². The average molecular weight is 402 g/mol. The minimum absolute atomic E-state index is 0.107. The Morgan fingerprint density at radius 3 is 2.67 bits per heavy atom. The van der Waals surface area contributed by atoms with Crippen LogP contribution in [0.2, 0.25) is 5.15 Å². The summed E-state index contributed by atoms with van der Waals surface area (Å²) in [5.74, 6) is -0.669. The zero-order valence-electron chi connectivity index (χ0n) is 14.0. The smallest absolute Gasteiger partial charge is 0.375 e. The second-order valence-electron chi connectivity index (χ2n) is 6.06. The average Bonchev–Trinajstić information content (AvgIpc) is 3.18. The van der Waals surface area contributed by atoms with Crippen molar-refractivity contribution >= 4 is 23.0 Å². The van der Waals surface area contributed by atoms with E-state index >= 15 is 0 Å². The Morgan fingerprint density at radius 1 is 1.37 bits per heavy atom. The molecule has 0 saturated heterocycles. The number of primary amides is 1. The first-order chi connectivity index (χ1) is 12.6. The third-order valence-corrected chi connectivity index (χ3v) is 4.71. The summed E-state index contributed by atoms with van der Waals surface area (Å²) < 4.78 is 42.1. The molecule has 0 bridgehead atoms. The number of nitrogens with two attached hydrogens (primary N) is 1. The third kappa shape index (κ3) is 3.26. The zero-order chi connectivity index (χ0) is 20.0. The molecule has 0 fully saturated rings.